The maximum Gasteiger partial charge on any atom is 0.431 e. The summed E-state index contributed by atoms with van der Waals surface area (Å²) in [4.78, 5) is 67.3. The first-order valence-electron chi connectivity index (χ1n) is 16.7. The van der Waals surface area contributed by atoms with Crippen LogP contribution in [0.1, 0.15) is 23.0 Å². The molecule has 0 bridgehead atoms. The molecule has 18 nitrogen and oxygen atoms in total. The van der Waals surface area contributed by atoms with E-state index in [1.54, 1.807) is 23.8 Å². The second-order valence-corrected chi connectivity index (χ2v) is 14.0. The molecule has 0 aliphatic heterocycles. The normalized spacial score (nSPS) is 11.0. The zero-order chi connectivity index (χ0) is 45.2. The average molecular weight is 918 g/mol. The Morgan fingerprint density at radius 1 is 0.902 bits per heavy atom. The number of aromatic nitrogens is 4. The fourth-order valence-electron chi connectivity index (χ4n) is 4.80. The monoisotopic (exact) mass is 916 g/mol. The van der Waals surface area contributed by atoms with Crippen molar-refractivity contribution in [3.05, 3.63) is 121 Å². The van der Waals surface area contributed by atoms with Gasteiger partial charge in [0, 0.05) is 25.2 Å². The molecule has 0 aliphatic carbocycles. The molecule has 2 amide bonds. The van der Waals surface area contributed by atoms with Crippen LogP contribution in [0.2, 0.25) is 10.2 Å². The van der Waals surface area contributed by atoms with E-state index < -0.39 is 74.1 Å². The molecule has 0 saturated carbocycles. The summed E-state index contributed by atoms with van der Waals surface area (Å²) in [6, 6.07) is 13.2. The lowest BCUT2D eigenvalue weighted by Crippen LogP contribution is -2.41. The van der Waals surface area contributed by atoms with Crippen LogP contribution in [0.15, 0.2) is 87.3 Å². The van der Waals surface area contributed by atoms with E-state index in [1.807, 2.05) is 0 Å². The zero-order valence-electron chi connectivity index (χ0n) is 31.7. The Morgan fingerprint density at radius 2 is 1.56 bits per heavy atom. The van der Waals surface area contributed by atoms with Crippen LogP contribution in [0.25, 0.3) is 5.69 Å². The Labute approximate surface area is 351 Å². The first kappa shape index (κ1) is 47.0. The smallest absolute Gasteiger partial charge is 0.431 e. The third-order valence-corrected chi connectivity index (χ3v) is 9.38. The van der Waals surface area contributed by atoms with Gasteiger partial charge in [0.2, 0.25) is 11.8 Å². The number of urea groups is 1. The maximum atomic E-state index is 14.7. The van der Waals surface area contributed by atoms with Crippen LogP contribution in [0, 0.1) is 5.82 Å². The number of methoxy groups -OCH3 is 2. The number of amides is 2. The fraction of sp³-hybridized carbons (Fsp3) is 0.194. The maximum absolute atomic E-state index is 14.7. The average Bonchev–Trinajstić information content (AvgIpc) is 3.19. The van der Waals surface area contributed by atoms with Crippen molar-refractivity contribution in [2.24, 2.45) is 7.05 Å². The van der Waals surface area contributed by atoms with Crippen molar-refractivity contribution < 1.29 is 64.0 Å². The molecule has 61 heavy (non-hydrogen) atoms. The Balaban J connectivity index is 0.000000276. The number of carbonyl (C=O) groups is 3. The number of halogens is 6. The molecular weight excluding hydrogens is 887 g/mol. The second kappa shape index (κ2) is 20.0. The van der Waals surface area contributed by atoms with Gasteiger partial charge in [-0.25, -0.2) is 46.3 Å². The van der Waals surface area contributed by atoms with Crippen molar-refractivity contribution in [2.75, 3.05) is 32.8 Å². The first-order valence-corrected chi connectivity index (χ1v) is 19.0. The molecular formula is C36H30Cl2F4N6O12S. The highest BCUT2D eigenvalue weighted by molar-refractivity contribution is 7.90. The van der Waals surface area contributed by atoms with Crippen LogP contribution in [-0.2, 0) is 37.5 Å². The topological polar surface area (TPSA) is 225 Å². The van der Waals surface area contributed by atoms with Gasteiger partial charge < -0.3 is 23.7 Å². The minimum Gasteiger partial charge on any atom is -0.481 e. The zero-order valence-corrected chi connectivity index (χ0v) is 34.0. The number of hydrogen-bond donors (Lipinski definition) is 2. The highest BCUT2D eigenvalue weighted by Crippen LogP contribution is 2.37. The number of nitrogens with one attached hydrogen (secondary N) is 2. The lowest BCUT2D eigenvalue weighted by Gasteiger charge is -2.16. The Kier molecular flexibility index (Phi) is 15.4. The van der Waals surface area contributed by atoms with Crippen LogP contribution in [-0.4, -0.2) is 72.9 Å². The van der Waals surface area contributed by atoms with Gasteiger partial charge in [-0.15, -0.1) is 0 Å². The SMILES string of the molecule is CCOC(=O)c1ccccc1S(=O)(=O)NC(=O)Nc1nc(Cl)cc(OC)n1.COC(=O)COc1ccccc1Oc1cc(-n2c(=O)cc(C(F)(F)F)n(C)c2=O)c(F)cc1Cl. The van der Waals surface area contributed by atoms with Crippen molar-refractivity contribution in [1.29, 1.82) is 0 Å². The summed E-state index contributed by atoms with van der Waals surface area (Å²) < 4.78 is 106. The second-order valence-electron chi connectivity index (χ2n) is 11.5. The van der Waals surface area contributed by atoms with Crippen LogP contribution in [0.4, 0.5) is 28.3 Å². The quantitative estimate of drug-likeness (QED) is 0.0894. The Morgan fingerprint density at radius 3 is 2.20 bits per heavy atom. The highest BCUT2D eigenvalue weighted by Gasteiger charge is 2.35. The van der Waals surface area contributed by atoms with Crippen molar-refractivity contribution in [2.45, 2.75) is 18.0 Å². The van der Waals surface area contributed by atoms with Gasteiger partial charge in [0.15, 0.2) is 18.1 Å². The number of rotatable bonds is 12. The van der Waals surface area contributed by atoms with Crippen molar-refractivity contribution >= 4 is 57.1 Å². The Hall–Kier alpha value is -6.72. The number of esters is 2. The minimum absolute atomic E-state index is 0.0207. The van der Waals surface area contributed by atoms with Gasteiger partial charge in [0.05, 0.1) is 37.1 Å². The minimum atomic E-state index is -4.98. The molecule has 324 valence electrons. The Bertz CT molecular complexity index is 2700. The molecule has 0 unspecified atom stereocenters. The summed E-state index contributed by atoms with van der Waals surface area (Å²) in [6.07, 6.45) is -4.98. The number of para-hydroxylation sites is 2. The van der Waals surface area contributed by atoms with Gasteiger partial charge in [-0.1, -0.05) is 47.5 Å². The molecule has 0 atom stereocenters. The third kappa shape index (κ3) is 11.9. The summed E-state index contributed by atoms with van der Waals surface area (Å²) in [6.45, 7) is 1.20. The predicted octanol–water partition coefficient (Wildman–Crippen LogP) is 5.52. The van der Waals surface area contributed by atoms with Crippen LogP contribution in [0.3, 0.4) is 0 Å². The molecule has 2 N–H and O–H groups in total. The van der Waals surface area contributed by atoms with Gasteiger partial charge in [-0.2, -0.15) is 18.2 Å². The lowest BCUT2D eigenvalue weighted by molar-refractivity contribution is -0.144. The van der Waals surface area contributed by atoms with E-state index in [0.717, 1.165) is 19.2 Å². The van der Waals surface area contributed by atoms with Crippen molar-refractivity contribution in [3.8, 4) is 28.8 Å². The summed E-state index contributed by atoms with van der Waals surface area (Å²) in [5.41, 5.74) is -5.24. The number of anilines is 1. The van der Waals surface area contributed by atoms with E-state index in [4.69, 9.17) is 42.1 Å². The van der Waals surface area contributed by atoms with E-state index in [2.05, 4.69) is 20.0 Å². The predicted molar refractivity (Wildman–Crippen MR) is 207 cm³/mol. The van der Waals surface area contributed by atoms with E-state index in [0.29, 0.717) is 0 Å². The van der Waals surface area contributed by atoms with Gasteiger partial charge in [-0.3, -0.25) is 14.7 Å². The molecule has 25 heteroatoms. The molecule has 0 saturated heterocycles. The van der Waals surface area contributed by atoms with E-state index in [9.17, 15) is 50.0 Å². The molecule has 2 heterocycles. The van der Waals surface area contributed by atoms with Crippen molar-refractivity contribution in [3.63, 3.8) is 0 Å². The molecule has 0 radical (unpaired) electrons. The lowest BCUT2D eigenvalue weighted by atomic mass is 10.2. The fourth-order valence-corrected chi connectivity index (χ4v) is 6.26. The van der Waals surface area contributed by atoms with Gasteiger partial charge >= 0.3 is 29.8 Å². The molecule has 0 aliphatic rings. The summed E-state index contributed by atoms with van der Waals surface area (Å²) in [5, 5.41) is 1.83. The van der Waals surface area contributed by atoms with Crippen LogP contribution in [0.5, 0.6) is 23.1 Å². The molecule has 3 aromatic carbocycles. The molecule has 0 spiro atoms. The highest BCUT2D eigenvalue weighted by atomic mass is 35.5. The number of hydrogen-bond acceptors (Lipinski definition) is 14. The summed E-state index contributed by atoms with van der Waals surface area (Å²) in [5.74, 6) is -3.01. The molecule has 0 fully saturated rings. The van der Waals surface area contributed by atoms with Gasteiger partial charge in [0.1, 0.15) is 27.3 Å². The van der Waals surface area contributed by atoms with Gasteiger partial charge in [-0.05, 0) is 37.3 Å². The number of ether oxygens (including phenoxy) is 5. The van der Waals surface area contributed by atoms with Crippen LogP contribution >= 0.6 is 23.2 Å². The molecule has 5 aromatic rings. The standard InChI is InChI=1S/C21H15ClF4N2O6.C15H15ClN4O6S/c1-27-17(21(24,25)26)9-18(29)28(20(27)31)13-8-16(11(22)7-12(13)23)34-15-6-4-3-5-14(15)33-10-19(30)32-2;1-3-26-13(21)9-6-4-5-7-10(9)27(23,24)20-15(22)19-14-17-11(16)8-12(18-14)25-2/h3-9H,10H2,1-2H3;4-8H,3H2,1-2H3,(H2,17,18,19,20,22). The number of benzene rings is 3. The molecule has 2 aromatic heterocycles. The summed E-state index contributed by atoms with van der Waals surface area (Å²) >= 11 is 11.8. The first-order chi connectivity index (χ1) is 28.7. The van der Waals surface area contributed by atoms with E-state index >= 15 is 0 Å². The largest absolute Gasteiger partial charge is 0.481 e. The van der Waals surface area contributed by atoms with E-state index in [-0.39, 0.29) is 66.6 Å². The number of nitrogens with zero attached hydrogens (tertiary/aromatic N) is 4. The number of carbonyl (C=O) groups excluding carboxylic acids is 3. The van der Waals surface area contributed by atoms with Crippen molar-refractivity contribution in [1.82, 2.24) is 23.8 Å². The number of sulfonamides is 1. The van der Waals surface area contributed by atoms with Crippen LogP contribution < -0.4 is 35.5 Å². The van der Waals surface area contributed by atoms with Gasteiger partial charge in [0.25, 0.3) is 15.6 Å². The van der Waals surface area contributed by atoms with E-state index in [1.165, 1.54) is 56.7 Å². The molecule has 5 rings (SSSR count). The summed E-state index contributed by atoms with van der Waals surface area (Å²) in [7, 11) is -1.09. The number of alkyl halides is 3. The third-order valence-electron chi connectivity index (χ3n) is 7.50.